The molecular weight excluding hydrogens is 386 g/mol. The third-order valence-corrected chi connectivity index (χ3v) is 6.16. The number of halogens is 1. The number of benzene rings is 2. The molecule has 1 heterocycles. The third kappa shape index (κ3) is 5.67. The second-order valence-corrected chi connectivity index (χ2v) is 8.44. The Morgan fingerprint density at radius 1 is 0.962 bits per heavy atom. The maximum Gasteiger partial charge on any atom is 0.0523 e. The number of hydrogen-bond acceptors (Lipinski definition) is 2. The summed E-state index contributed by atoms with van der Waals surface area (Å²) in [5, 5.41) is 0. The van der Waals surface area contributed by atoms with Crippen LogP contribution in [0.5, 0.6) is 0 Å². The van der Waals surface area contributed by atoms with Crippen LogP contribution in [0.2, 0.25) is 0 Å². The van der Waals surface area contributed by atoms with Gasteiger partial charge in [0.25, 0.3) is 0 Å². The molecule has 0 aliphatic carbocycles. The van der Waals surface area contributed by atoms with E-state index in [4.69, 9.17) is 4.74 Å². The van der Waals surface area contributed by atoms with Gasteiger partial charge in [-0.3, -0.25) is 4.90 Å². The Kier molecular flexibility index (Phi) is 7.30. The topological polar surface area (TPSA) is 12.5 Å². The Labute approximate surface area is 166 Å². The van der Waals surface area contributed by atoms with Gasteiger partial charge in [-0.05, 0) is 74.4 Å². The Morgan fingerprint density at radius 2 is 1.65 bits per heavy atom. The van der Waals surface area contributed by atoms with Crippen molar-refractivity contribution in [2.24, 2.45) is 5.41 Å². The van der Waals surface area contributed by atoms with Crippen LogP contribution in [0.3, 0.4) is 0 Å². The van der Waals surface area contributed by atoms with E-state index in [9.17, 15) is 0 Å². The molecule has 3 heteroatoms. The van der Waals surface area contributed by atoms with Crippen LogP contribution in [0.25, 0.3) is 0 Å². The van der Waals surface area contributed by atoms with E-state index in [1.165, 1.54) is 30.4 Å². The van der Waals surface area contributed by atoms with Gasteiger partial charge >= 0.3 is 0 Å². The highest BCUT2D eigenvalue weighted by Crippen LogP contribution is 2.37. The highest BCUT2D eigenvalue weighted by atomic mass is 79.9. The van der Waals surface area contributed by atoms with E-state index in [-0.39, 0.29) is 0 Å². The van der Waals surface area contributed by atoms with Gasteiger partial charge in [-0.25, -0.2) is 0 Å². The van der Waals surface area contributed by atoms with Crippen molar-refractivity contribution >= 4 is 15.9 Å². The van der Waals surface area contributed by atoms with Crippen LogP contribution in [0.1, 0.15) is 37.3 Å². The van der Waals surface area contributed by atoms with Gasteiger partial charge in [0.1, 0.15) is 0 Å². The molecule has 1 aliphatic rings. The lowest BCUT2D eigenvalue weighted by molar-refractivity contribution is -0.00232. The zero-order chi connectivity index (χ0) is 18.2. The SMILES string of the molecule is CCOCC1(CCc2ccccc2)CCN(Cc2ccc(Br)cc2)CC1. The van der Waals surface area contributed by atoms with E-state index in [1.54, 1.807) is 0 Å². The Morgan fingerprint density at radius 3 is 2.31 bits per heavy atom. The number of piperidine rings is 1. The minimum absolute atomic E-state index is 0.335. The van der Waals surface area contributed by atoms with E-state index >= 15 is 0 Å². The summed E-state index contributed by atoms with van der Waals surface area (Å²) in [6.45, 7) is 7.21. The molecule has 140 valence electrons. The molecule has 2 aromatic carbocycles. The summed E-state index contributed by atoms with van der Waals surface area (Å²) in [7, 11) is 0. The smallest absolute Gasteiger partial charge is 0.0523 e. The first-order chi connectivity index (χ1) is 12.7. The Balaban J connectivity index is 1.56. The predicted molar refractivity (Wildman–Crippen MR) is 112 cm³/mol. The number of likely N-dealkylation sites (tertiary alicyclic amines) is 1. The molecule has 0 N–H and O–H groups in total. The zero-order valence-corrected chi connectivity index (χ0v) is 17.4. The Hall–Kier alpha value is -1.16. The van der Waals surface area contributed by atoms with Crippen LogP contribution in [-0.4, -0.2) is 31.2 Å². The standard InChI is InChI=1S/C23H30BrNO/c1-2-26-19-23(13-12-20-6-4-3-5-7-20)14-16-25(17-15-23)18-21-8-10-22(24)11-9-21/h3-11H,2,12-19H2,1H3. The van der Waals surface area contributed by atoms with Gasteiger partial charge in [0.05, 0.1) is 6.61 Å². The molecule has 0 aromatic heterocycles. The largest absolute Gasteiger partial charge is 0.381 e. The highest BCUT2D eigenvalue weighted by molar-refractivity contribution is 9.10. The van der Waals surface area contributed by atoms with Gasteiger partial charge in [-0.15, -0.1) is 0 Å². The van der Waals surface area contributed by atoms with Gasteiger partial charge in [0.15, 0.2) is 0 Å². The number of hydrogen-bond donors (Lipinski definition) is 0. The van der Waals surface area contributed by atoms with Crippen LogP contribution in [0.4, 0.5) is 0 Å². The van der Waals surface area contributed by atoms with Crippen LogP contribution >= 0.6 is 15.9 Å². The first kappa shape index (κ1) is 19.6. The summed E-state index contributed by atoms with van der Waals surface area (Å²) in [6.07, 6.45) is 4.84. The van der Waals surface area contributed by atoms with Gasteiger partial charge in [0, 0.05) is 17.6 Å². The zero-order valence-electron chi connectivity index (χ0n) is 15.8. The molecule has 2 nitrogen and oxygen atoms in total. The number of aryl methyl sites for hydroxylation is 1. The Bertz CT molecular complexity index is 648. The summed E-state index contributed by atoms with van der Waals surface area (Å²) in [5.41, 5.74) is 3.18. The molecule has 0 atom stereocenters. The molecule has 26 heavy (non-hydrogen) atoms. The molecule has 1 fully saturated rings. The molecular formula is C23H30BrNO. The monoisotopic (exact) mass is 415 g/mol. The molecule has 1 aliphatic heterocycles. The van der Waals surface area contributed by atoms with Crippen molar-refractivity contribution in [2.75, 3.05) is 26.3 Å². The van der Waals surface area contributed by atoms with E-state index in [0.29, 0.717) is 5.41 Å². The molecule has 0 saturated carbocycles. The summed E-state index contributed by atoms with van der Waals surface area (Å²) in [6, 6.07) is 19.6. The van der Waals surface area contributed by atoms with Crippen molar-refractivity contribution in [1.29, 1.82) is 0 Å². The summed E-state index contributed by atoms with van der Waals surface area (Å²) < 4.78 is 7.06. The van der Waals surface area contributed by atoms with E-state index in [1.807, 2.05) is 0 Å². The van der Waals surface area contributed by atoms with Crippen molar-refractivity contribution in [2.45, 2.75) is 39.2 Å². The predicted octanol–water partition coefficient (Wildman–Crippen LogP) is 5.70. The maximum atomic E-state index is 5.91. The third-order valence-electron chi connectivity index (χ3n) is 5.64. The molecule has 0 amide bonds. The number of nitrogens with zero attached hydrogens (tertiary/aromatic N) is 1. The normalized spacial score (nSPS) is 17.3. The second-order valence-electron chi connectivity index (χ2n) is 7.53. The van der Waals surface area contributed by atoms with E-state index < -0.39 is 0 Å². The van der Waals surface area contributed by atoms with Crippen molar-refractivity contribution < 1.29 is 4.74 Å². The van der Waals surface area contributed by atoms with Gasteiger partial charge in [-0.1, -0.05) is 58.4 Å². The van der Waals surface area contributed by atoms with Crippen molar-refractivity contribution in [1.82, 2.24) is 4.90 Å². The maximum absolute atomic E-state index is 5.91. The fourth-order valence-corrected chi connectivity index (χ4v) is 4.14. The van der Waals surface area contributed by atoms with Crippen LogP contribution in [0, 0.1) is 5.41 Å². The van der Waals surface area contributed by atoms with Crippen molar-refractivity contribution in [3.05, 3.63) is 70.2 Å². The van der Waals surface area contributed by atoms with Crippen molar-refractivity contribution in [3.8, 4) is 0 Å². The average molecular weight is 416 g/mol. The fourth-order valence-electron chi connectivity index (χ4n) is 3.87. The minimum atomic E-state index is 0.335. The molecule has 3 rings (SSSR count). The molecule has 0 bridgehead atoms. The van der Waals surface area contributed by atoms with Gasteiger partial charge in [0.2, 0.25) is 0 Å². The molecule has 0 spiro atoms. The van der Waals surface area contributed by atoms with Crippen LogP contribution in [0.15, 0.2) is 59.1 Å². The fraction of sp³-hybridized carbons (Fsp3) is 0.478. The van der Waals surface area contributed by atoms with E-state index in [0.717, 1.165) is 43.7 Å². The van der Waals surface area contributed by atoms with E-state index in [2.05, 4.69) is 82.4 Å². The summed E-state index contributed by atoms with van der Waals surface area (Å²) >= 11 is 3.52. The molecule has 1 saturated heterocycles. The molecule has 0 radical (unpaired) electrons. The van der Waals surface area contributed by atoms with Crippen LogP contribution < -0.4 is 0 Å². The lowest BCUT2D eigenvalue weighted by Gasteiger charge is -2.42. The molecule has 0 unspecified atom stereocenters. The molecule has 2 aromatic rings. The lowest BCUT2D eigenvalue weighted by Crippen LogP contribution is -2.42. The minimum Gasteiger partial charge on any atom is -0.381 e. The first-order valence-electron chi connectivity index (χ1n) is 9.78. The number of rotatable bonds is 8. The second kappa shape index (κ2) is 9.68. The highest BCUT2D eigenvalue weighted by Gasteiger charge is 2.34. The lowest BCUT2D eigenvalue weighted by atomic mass is 9.74. The summed E-state index contributed by atoms with van der Waals surface area (Å²) in [5.74, 6) is 0. The van der Waals surface area contributed by atoms with Crippen molar-refractivity contribution in [3.63, 3.8) is 0 Å². The number of ether oxygens (including phenoxy) is 1. The first-order valence-corrected chi connectivity index (χ1v) is 10.6. The summed E-state index contributed by atoms with van der Waals surface area (Å²) in [4.78, 5) is 2.59. The average Bonchev–Trinajstić information content (AvgIpc) is 2.69. The van der Waals surface area contributed by atoms with Gasteiger partial charge in [-0.2, -0.15) is 0 Å². The van der Waals surface area contributed by atoms with Crippen LogP contribution in [-0.2, 0) is 17.7 Å². The quantitative estimate of drug-likeness (QED) is 0.547. The van der Waals surface area contributed by atoms with Gasteiger partial charge < -0.3 is 4.74 Å².